The summed E-state index contributed by atoms with van der Waals surface area (Å²) < 4.78 is 26.3. The maximum Gasteiger partial charge on any atom is 0.241 e. The van der Waals surface area contributed by atoms with Gasteiger partial charge in [0.2, 0.25) is 10.0 Å². The van der Waals surface area contributed by atoms with Gasteiger partial charge in [0.05, 0.1) is 10.5 Å². The monoisotopic (exact) mass is 252 g/mol. The molecule has 0 saturated carbocycles. The second-order valence-electron chi connectivity index (χ2n) is 3.71. The van der Waals surface area contributed by atoms with Crippen LogP contribution in [0.3, 0.4) is 0 Å². The van der Waals surface area contributed by atoms with Gasteiger partial charge >= 0.3 is 0 Å². The molecular weight excluding hydrogens is 236 g/mol. The van der Waals surface area contributed by atoms with E-state index >= 15 is 0 Å². The van der Waals surface area contributed by atoms with Gasteiger partial charge in [-0.1, -0.05) is 31.9 Å². The molecule has 0 fully saturated rings. The summed E-state index contributed by atoms with van der Waals surface area (Å²) in [7, 11) is -3.56. The number of nitrogens with zero attached hydrogens (tertiary/aromatic N) is 1. The Hall–Kier alpha value is -1.38. The molecule has 1 rings (SSSR count). The topological polar surface area (TPSA) is 70.0 Å². The molecule has 0 aliphatic rings. The van der Waals surface area contributed by atoms with E-state index in [0.29, 0.717) is 6.54 Å². The van der Waals surface area contributed by atoms with Crippen LogP contribution in [0.25, 0.3) is 0 Å². The zero-order valence-corrected chi connectivity index (χ0v) is 10.6. The van der Waals surface area contributed by atoms with E-state index in [4.69, 9.17) is 5.26 Å². The lowest BCUT2D eigenvalue weighted by Crippen LogP contribution is -2.25. The van der Waals surface area contributed by atoms with Gasteiger partial charge in [0, 0.05) is 6.54 Å². The molecule has 0 radical (unpaired) electrons. The Morgan fingerprint density at radius 2 is 2.00 bits per heavy atom. The zero-order valence-electron chi connectivity index (χ0n) is 9.81. The van der Waals surface area contributed by atoms with Gasteiger partial charge in [-0.05, 0) is 18.6 Å². The zero-order chi connectivity index (χ0) is 12.7. The number of nitrogens with one attached hydrogen (secondary N) is 1. The Morgan fingerprint density at radius 3 is 2.65 bits per heavy atom. The Balaban J connectivity index is 2.80. The first kappa shape index (κ1) is 13.7. The molecule has 1 aromatic carbocycles. The van der Waals surface area contributed by atoms with Crippen molar-refractivity contribution in [1.82, 2.24) is 4.72 Å². The van der Waals surface area contributed by atoms with Crippen molar-refractivity contribution in [3.8, 4) is 6.07 Å². The van der Waals surface area contributed by atoms with Gasteiger partial charge < -0.3 is 0 Å². The van der Waals surface area contributed by atoms with E-state index < -0.39 is 10.0 Å². The molecule has 0 aliphatic heterocycles. The van der Waals surface area contributed by atoms with Crippen LogP contribution in [0, 0.1) is 11.3 Å². The molecule has 0 unspecified atom stereocenters. The maximum absolute atomic E-state index is 11.9. The van der Waals surface area contributed by atoms with Crippen LogP contribution in [-0.2, 0) is 10.0 Å². The van der Waals surface area contributed by atoms with Gasteiger partial charge in [0.25, 0.3) is 0 Å². The second-order valence-corrected chi connectivity index (χ2v) is 5.45. The third-order valence-corrected chi connectivity index (χ3v) is 3.89. The van der Waals surface area contributed by atoms with Crippen molar-refractivity contribution in [2.24, 2.45) is 0 Å². The molecule has 0 saturated heterocycles. The second kappa shape index (κ2) is 6.38. The van der Waals surface area contributed by atoms with Gasteiger partial charge in [-0.25, -0.2) is 13.1 Å². The minimum Gasteiger partial charge on any atom is -0.211 e. The van der Waals surface area contributed by atoms with Crippen molar-refractivity contribution in [3.05, 3.63) is 29.8 Å². The highest BCUT2D eigenvalue weighted by Crippen LogP contribution is 2.13. The summed E-state index contributed by atoms with van der Waals surface area (Å²) >= 11 is 0. The van der Waals surface area contributed by atoms with E-state index in [1.54, 1.807) is 12.1 Å². The van der Waals surface area contributed by atoms with Gasteiger partial charge in [-0.3, -0.25) is 0 Å². The minimum atomic E-state index is -3.56. The summed E-state index contributed by atoms with van der Waals surface area (Å²) in [6.07, 6.45) is 2.84. The molecule has 1 aromatic rings. The predicted molar refractivity (Wildman–Crippen MR) is 65.9 cm³/mol. The lowest BCUT2D eigenvalue weighted by atomic mass is 10.2. The van der Waals surface area contributed by atoms with Crippen LogP contribution in [0.5, 0.6) is 0 Å². The fourth-order valence-corrected chi connectivity index (χ4v) is 2.68. The molecule has 0 atom stereocenters. The van der Waals surface area contributed by atoms with Crippen LogP contribution in [0.1, 0.15) is 31.7 Å². The Morgan fingerprint density at radius 1 is 1.29 bits per heavy atom. The quantitative estimate of drug-likeness (QED) is 0.787. The Kier molecular flexibility index (Phi) is 5.13. The number of hydrogen-bond acceptors (Lipinski definition) is 3. The van der Waals surface area contributed by atoms with E-state index in [9.17, 15) is 8.42 Å². The summed E-state index contributed by atoms with van der Waals surface area (Å²) in [6.45, 7) is 2.47. The molecule has 0 heterocycles. The lowest BCUT2D eigenvalue weighted by molar-refractivity contribution is 0.576. The molecular formula is C12H16N2O2S. The highest BCUT2D eigenvalue weighted by Gasteiger charge is 2.16. The number of sulfonamides is 1. The smallest absolute Gasteiger partial charge is 0.211 e. The number of rotatable bonds is 6. The molecule has 0 spiro atoms. The number of hydrogen-bond donors (Lipinski definition) is 1. The Labute approximate surface area is 102 Å². The highest BCUT2D eigenvalue weighted by atomic mass is 32.2. The van der Waals surface area contributed by atoms with E-state index in [-0.39, 0.29) is 10.5 Å². The first-order valence-corrected chi connectivity index (χ1v) is 7.09. The molecule has 1 N–H and O–H groups in total. The SMILES string of the molecule is CCCCCNS(=O)(=O)c1ccccc1C#N. The van der Waals surface area contributed by atoms with Crippen molar-refractivity contribution in [2.45, 2.75) is 31.1 Å². The van der Waals surface area contributed by atoms with Crippen LogP contribution in [0.2, 0.25) is 0 Å². The number of nitriles is 1. The first-order valence-electron chi connectivity index (χ1n) is 5.60. The predicted octanol–water partition coefficient (Wildman–Crippen LogP) is 2.03. The average molecular weight is 252 g/mol. The van der Waals surface area contributed by atoms with Gasteiger partial charge in [0.15, 0.2) is 0 Å². The van der Waals surface area contributed by atoms with Crippen LogP contribution in [0.15, 0.2) is 29.2 Å². The van der Waals surface area contributed by atoms with Crippen LogP contribution in [0.4, 0.5) is 0 Å². The summed E-state index contributed by atoms with van der Waals surface area (Å²) in [5, 5.41) is 8.85. The van der Waals surface area contributed by atoms with Gasteiger partial charge in [-0.15, -0.1) is 0 Å². The lowest BCUT2D eigenvalue weighted by Gasteiger charge is -2.07. The van der Waals surface area contributed by atoms with Crippen molar-refractivity contribution < 1.29 is 8.42 Å². The number of unbranched alkanes of at least 4 members (excludes halogenated alkanes) is 2. The first-order chi connectivity index (χ1) is 8.11. The minimum absolute atomic E-state index is 0.0546. The van der Waals surface area contributed by atoms with Crippen LogP contribution < -0.4 is 4.72 Å². The molecule has 0 amide bonds. The van der Waals surface area contributed by atoms with Crippen molar-refractivity contribution in [3.63, 3.8) is 0 Å². The summed E-state index contributed by atoms with van der Waals surface area (Å²) in [5.41, 5.74) is 0.176. The van der Waals surface area contributed by atoms with Crippen LogP contribution in [-0.4, -0.2) is 15.0 Å². The van der Waals surface area contributed by atoms with E-state index in [1.165, 1.54) is 12.1 Å². The summed E-state index contributed by atoms with van der Waals surface area (Å²) in [6, 6.07) is 8.09. The largest absolute Gasteiger partial charge is 0.241 e. The van der Waals surface area contributed by atoms with E-state index in [0.717, 1.165) is 19.3 Å². The molecule has 17 heavy (non-hydrogen) atoms. The fraction of sp³-hybridized carbons (Fsp3) is 0.417. The van der Waals surface area contributed by atoms with Crippen molar-refractivity contribution >= 4 is 10.0 Å². The molecule has 0 aliphatic carbocycles. The third kappa shape index (κ3) is 3.84. The molecule has 92 valence electrons. The maximum atomic E-state index is 11.9. The third-order valence-electron chi connectivity index (χ3n) is 2.37. The van der Waals surface area contributed by atoms with Gasteiger partial charge in [-0.2, -0.15) is 5.26 Å². The van der Waals surface area contributed by atoms with Crippen LogP contribution >= 0.6 is 0 Å². The summed E-state index contributed by atoms with van der Waals surface area (Å²) in [5.74, 6) is 0. The number of benzene rings is 1. The fourth-order valence-electron chi connectivity index (χ4n) is 1.45. The van der Waals surface area contributed by atoms with Crippen molar-refractivity contribution in [2.75, 3.05) is 6.54 Å². The molecule has 0 aromatic heterocycles. The van der Waals surface area contributed by atoms with Gasteiger partial charge in [0.1, 0.15) is 6.07 Å². The van der Waals surface area contributed by atoms with E-state index in [1.807, 2.05) is 6.07 Å². The highest BCUT2D eigenvalue weighted by molar-refractivity contribution is 7.89. The normalized spacial score (nSPS) is 11.1. The average Bonchev–Trinajstić information content (AvgIpc) is 2.34. The molecule has 4 nitrogen and oxygen atoms in total. The Bertz CT molecular complexity index is 503. The van der Waals surface area contributed by atoms with Crippen molar-refractivity contribution in [1.29, 1.82) is 5.26 Å². The van der Waals surface area contributed by atoms with E-state index in [2.05, 4.69) is 11.6 Å². The summed E-state index contributed by atoms with van der Waals surface area (Å²) in [4.78, 5) is 0.0546. The standard InChI is InChI=1S/C12H16N2O2S/c1-2-3-6-9-14-17(15,16)12-8-5-4-7-11(12)10-13/h4-5,7-8,14H,2-3,6,9H2,1H3. The molecule has 5 heteroatoms. The molecule has 0 bridgehead atoms.